The molecule has 0 fully saturated rings. The van der Waals surface area contributed by atoms with E-state index < -0.39 is 22.0 Å². The van der Waals surface area contributed by atoms with Crippen LogP contribution in [0.3, 0.4) is 0 Å². The van der Waals surface area contributed by atoms with Gasteiger partial charge in [0.1, 0.15) is 11.8 Å². The molecule has 3 aromatic carbocycles. The molecule has 0 bridgehead atoms. The predicted molar refractivity (Wildman–Crippen MR) is 131 cm³/mol. The lowest BCUT2D eigenvalue weighted by Gasteiger charge is -2.20. The Hall–Kier alpha value is -3.16. The summed E-state index contributed by atoms with van der Waals surface area (Å²) in [6.45, 7) is 8.03. The molecular formula is C26H30N2O4S. The van der Waals surface area contributed by atoms with Gasteiger partial charge in [-0.05, 0) is 80.6 Å². The molecule has 0 aliphatic heterocycles. The Labute approximate surface area is 196 Å². The quantitative estimate of drug-likeness (QED) is 0.485. The van der Waals surface area contributed by atoms with E-state index in [1.54, 1.807) is 19.1 Å². The number of carbonyl (C=O) groups excluding carboxylic acids is 1. The largest absolute Gasteiger partial charge is 0.494 e. The van der Waals surface area contributed by atoms with Crippen molar-refractivity contribution in [3.63, 3.8) is 0 Å². The first kappa shape index (κ1) is 24.5. The van der Waals surface area contributed by atoms with Crippen molar-refractivity contribution in [2.75, 3.05) is 11.9 Å². The van der Waals surface area contributed by atoms with E-state index in [0.29, 0.717) is 23.6 Å². The third kappa shape index (κ3) is 6.21. The Balaban J connectivity index is 1.89. The van der Waals surface area contributed by atoms with Crippen molar-refractivity contribution in [2.24, 2.45) is 0 Å². The lowest BCUT2D eigenvalue weighted by atomic mass is 10.0. The van der Waals surface area contributed by atoms with Gasteiger partial charge in [0.15, 0.2) is 0 Å². The smallest absolute Gasteiger partial charge is 0.242 e. The molecule has 0 aromatic heterocycles. The Bertz CT molecular complexity index is 1220. The van der Waals surface area contributed by atoms with E-state index >= 15 is 0 Å². The first-order chi connectivity index (χ1) is 15.7. The highest BCUT2D eigenvalue weighted by Gasteiger charge is 2.27. The van der Waals surface area contributed by atoms with Gasteiger partial charge in [0, 0.05) is 5.69 Å². The molecule has 1 atom stereocenters. The molecule has 0 saturated carbocycles. The number of carbonyl (C=O) groups is 1. The first-order valence-electron chi connectivity index (χ1n) is 10.9. The molecule has 0 aliphatic rings. The molecule has 0 unspecified atom stereocenters. The van der Waals surface area contributed by atoms with Crippen LogP contribution in [0.5, 0.6) is 5.75 Å². The Kier molecular flexibility index (Phi) is 7.89. The fourth-order valence-electron chi connectivity index (χ4n) is 3.51. The Morgan fingerprint density at radius 3 is 2.33 bits per heavy atom. The van der Waals surface area contributed by atoms with Gasteiger partial charge in [0.05, 0.1) is 11.5 Å². The molecule has 3 aromatic rings. The summed E-state index contributed by atoms with van der Waals surface area (Å²) in [6, 6.07) is 18.6. The van der Waals surface area contributed by atoms with Gasteiger partial charge in [-0.1, -0.05) is 42.5 Å². The Morgan fingerprint density at radius 2 is 1.67 bits per heavy atom. The zero-order chi connectivity index (χ0) is 24.0. The van der Waals surface area contributed by atoms with E-state index in [2.05, 4.69) is 10.0 Å². The summed E-state index contributed by atoms with van der Waals surface area (Å²) < 4.78 is 34.5. The molecule has 3 rings (SSSR count). The van der Waals surface area contributed by atoms with E-state index in [-0.39, 0.29) is 11.3 Å². The number of aryl methyl sites for hydroxylation is 2. The maximum Gasteiger partial charge on any atom is 0.242 e. The number of sulfonamides is 1. The van der Waals surface area contributed by atoms with E-state index in [0.717, 1.165) is 16.7 Å². The van der Waals surface area contributed by atoms with Crippen LogP contribution in [0.15, 0.2) is 71.6 Å². The average molecular weight is 467 g/mol. The maximum atomic E-state index is 13.2. The highest BCUT2D eigenvalue weighted by molar-refractivity contribution is 7.89. The van der Waals surface area contributed by atoms with E-state index in [9.17, 15) is 13.2 Å². The maximum absolute atomic E-state index is 13.2. The van der Waals surface area contributed by atoms with Gasteiger partial charge < -0.3 is 10.1 Å². The number of ether oxygens (including phenoxy) is 1. The van der Waals surface area contributed by atoms with Crippen molar-refractivity contribution in [3.8, 4) is 5.75 Å². The summed E-state index contributed by atoms with van der Waals surface area (Å²) in [5, 5.41) is 2.90. The minimum Gasteiger partial charge on any atom is -0.494 e. The Morgan fingerprint density at radius 1 is 0.939 bits per heavy atom. The van der Waals surface area contributed by atoms with Gasteiger partial charge in [-0.2, -0.15) is 4.72 Å². The first-order valence-corrected chi connectivity index (χ1v) is 12.4. The number of hydrogen-bond acceptors (Lipinski definition) is 4. The van der Waals surface area contributed by atoms with E-state index in [1.807, 2.05) is 69.3 Å². The molecule has 0 radical (unpaired) electrons. The number of anilines is 1. The standard InChI is InChI=1S/C26H30N2O4S/c1-5-32-25-15-14-22(16-19(25)3)33(30,31)28-24(17-21-11-7-6-8-12-21)26(29)27-23-13-9-10-18(2)20(23)4/h6-16,24,28H,5,17H2,1-4H3,(H,27,29)/t24-/m0/s1. The molecule has 0 saturated heterocycles. The summed E-state index contributed by atoms with van der Waals surface area (Å²) >= 11 is 0. The number of amides is 1. The third-order valence-corrected chi connectivity index (χ3v) is 6.98. The second-order valence-electron chi connectivity index (χ2n) is 7.96. The van der Waals surface area contributed by atoms with Crippen molar-refractivity contribution in [2.45, 2.75) is 45.1 Å². The van der Waals surface area contributed by atoms with Crippen LogP contribution in [0, 0.1) is 20.8 Å². The van der Waals surface area contributed by atoms with Crippen molar-refractivity contribution in [1.29, 1.82) is 0 Å². The van der Waals surface area contributed by atoms with Crippen molar-refractivity contribution >= 4 is 21.6 Å². The fourth-order valence-corrected chi connectivity index (χ4v) is 4.79. The van der Waals surface area contributed by atoms with Crippen LogP contribution in [0.1, 0.15) is 29.2 Å². The van der Waals surface area contributed by atoms with Gasteiger partial charge in [0.2, 0.25) is 15.9 Å². The van der Waals surface area contributed by atoms with Gasteiger partial charge in [-0.25, -0.2) is 8.42 Å². The molecule has 0 aliphatic carbocycles. The van der Waals surface area contributed by atoms with Crippen LogP contribution in [0.25, 0.3) is 0 Å². The number of nitrogens with one attached hydrogen (secondary N) is 2. The summed E-state index contributed by atoms with van der Waals surface area (Å²) in [5.74, 6) is 0.212. The van der Waals surface area contributed by atoms with Crippen molar-refractivity contribution in [1.82, 2.24) is 4.72 Å². The highest BCUT2D eigenvalue weighted by Crippen LogP contribution is 2.23. The minimum absolute atomic E-state index is 0.0843. The van der Waals surface area contributed by atoms with E-state index in [1.165, 1.54) is 6.07 Å². The zero-order valence-corrected chi connectivity index (χ0v) is 20.2. The SMILES string of the molecule is CCOc1ccc(S(=O)(=O)N[C@@H](Cc2ccccc2)C(=O)Nc2cccc(C)c2C)cc1C. The number of rotatable bonds is 9. The topological polar surface area (TPSA) is 84.5 Å². The van der Waals surface area contributed by atoms with Crippen molar-refractivity contribution < 1.29 is 17.9 Å². The van der Waals surface area contributed by atoms with Crippen LogP contribution >= 0.6 is 0 Å². The molecule has 0 spiro atoms. The van der Waals surface area contributed by atoms with Crippen LogP contribution in [-0.4, -0.2) is 27.0 Å². The predicted octanol–water partition coefficient (Wildman–Crippen LogP) is 4.54. The minimum atomic E-state index is -3.96. The van der Waals surface area contributed by atoms with Gasteiger partial charge >= 0.3 is 0 Å². The molecule has 7 heteroatoms. The zero-order valence-electron chi connectivity index (χ0n) is 19.4. The summed E-state index contributed by atoms with van der Waals surface area (Å²) in [4.78, 5) is 13.3. The van der Waals surface area contributed by atoms with E-state index in [4.69, 9.17) is 4.74 Å². The highest BCUT2D eigenvalue weighted by atomic mass is 32.2. The van der Waals surface area contributed by atoms with Crippen LogP contribution < -0.4 is 14.8 Å². The molecule has 33 heavy (non-hydrogen) atoms. The number of hydrogen-bond donors (Lipinski definition) is 2. The van der Waals surface area contributed by atoms with Crippen LogP contribution in [-0.2, 0) is 21.2 Å². The van der Waals surface area contributed by atoms with Crippen LogP contribution in [0.4, 0.5) is 5.69 Å². The third-order valence-electron chi connectivity index (χ3n) is 5.52. The second kappa shape index (κ2) is 10.6. The van der Waals surface area contributed by atoms with Crippen LogP contribution in [0.2, 0.25) is 0 Å². The molecule has 0 heterocycles. The molecule has 174 valence electrons. The fraction of sp³-hybridized carbons (Fsp3) is 0.269. The van der Waals surface area contributed by atoms with Crippen molar-refractivity contribution in [3.05, 3.63) is 89.0 Å². The van der Waals surface area contributed by atoms with Gasteiger partial charge in [0.25, 0.3) is 0 Å². The van der Waals surface area contributed by atoms with Gasteiger partial charge in [-0.15, -0.1) is 0 Å². The lowest BCUT2D eigenvalue weighted by Crippen LogP contribution is -2.45. The normalized spacial score (nSPS) is 12.2. The molecule has 1 amide bonds. The molecular weight excluding hydrogens is 436 g/mol. The second-order valence-corrected chi connectivity index (χ2v) is 9.67. The monoisotopic (exact) mass is 466 g/mol. The lowest BCUT2D eigenvalue weighted by molar-refractivity contribution is -0.117. The summed E-state index contributed by atoms with van der Waals surface area (Å²) in [5.41, 5.74) is 4.20. The average Bonchev–Trinajstić information content (AvgIpc) is 2.78. The van der Waals surface area contributed by atoms with Gasteiger partial charge in [-0.3, -0.25) is 4.79 Å². The molecule has 2 N–H and O–H groups in total. The summed E-state index contributed by atoms with van der Waals surface area (Å²) in [7, 11) is -3.96. The molecule has 6 nitrogen and oxygen atoms in total. The number of benzene rings is 3. The summed E-state index contributed by atoms with van der Waals surface area (Å²) in [6.07, 6.45) is 0.215.